The fourth-order valence-electron chi connectivity index (χ4n) is 2.84. The number of para-hydroxylation sites is 2. The Morgan fingerprint density at radius 2 is 2.00 bits per heavy atom. The third kappa shape index (κ3) is 4.22. The van der Waals surface area contributed by atoms with Crippen LogP contribution in [0.5, 0.6) is 0 Å². The van der Waals surface area contributed by atoms with Gasteiger partial charge < -0.3 is 15.1 Å². The first kappa shape index (κ1) is 19.4. The summed E-state index contributed by atoms with van der Waals surface area (Å²) in [5, 5.41) is 3.44. The van der Waals surface area contributed by atoms with Crippen molar-refractivity contribution in [2.75, 3.05) is 48.0 Å². The summed E-state index contributed by atoms with van der Waals surface area (Å²) in [4.78, 5) is 16.8. The van der Waals surface area contributed by atoms with Crippen LogP contribution in [0, 0.1) is 0 Å². The highest BCUT2D eigenvalue weighted by Crippen LogP contribution is 2.32. The lowest BCUT2D eigenvalue weighted by Crippen LogP contribution is -2.46. The molecule has 3 rings (SSSR count). The van der Waals surface area contributed by atoms with Crippen LogP contribution >= 0.6 is 36.6 Å². The second-order valence-corrected chi connectivity index (χ2v) is 6.54. The number of hydrogen-bond acceptors (Lipinski definition) is 4. The predicted octanol–water partition coefficient (Wildman–Crippen LogP) is 2.41. The van der Waals surface area contributed by atoms with Crippen molar-refractivity contribution in [3.8, 4) is 0 Å². The number of rotatable bonds is 2. The summed E-state index contributed by atoms with van der Waals surface area (Å²) < 4.78 is 0. The first-order valence-electron chi connectivity index (χ1n) is 7.17. The van der Waals surface area contributed by atoms with Crippen LogP contribution in [-0.4, -0.2) is 50.1 Å². The van der Waals surface area contributed by atoms with Crippen molar-refractivity contribution in [3.05, 3.63) is 24.3 Å². The SMILES string of the molecule is CN1CCN(C(=O)CC2CSCCN2)c2ccccc21.Cl.Cl. The van der Waals surface area contributed by atoms with E-state index in [1.165, 1.54) is 0 Å². The van der Waals surface area contributed by atoms with E-state index in [2.05, 4.69) is 23.3 Å². The van der Waals surface area contributed by atoms with Gasteiger partial charge in [-0.3, -0.25) is 4.79 Å². The maximum Gasteiger partial charge on any atom is 0.228 e. The summed E-state index contributed by atoms with van der Waals surface area (Å²) in [5.41, 5.74) is 2.20. The van der Waals surface area contributed by atoms with Gasteiger partial charge in [0.25, 0.3) is 0 Å². The van der Waals surface area contributed by atoms with Gasteiger partial charge in [-0.1, -0.05) is 12.1 Å². The molecule has 0 radical (unpaired) electrons. The molecule has 1 aromatic carbocycles. The van der Waals surface area contributed by atoms with Crippen molar-refractivity contribution in [2.45, 2.75) is 12.5 Å². The molecule has 1 aromatic rings. The average Bonchev–Trinajstić information content (AvgIpc) is 2.49. The standard InChI is InChI=1S/C15H21N3OS.2ClH/c1-17-7-8-18(14-5-3-2-4-13(14)17)15(19)10-12-11-20-9-6-16-12;;/h2-5,12,16H,6-11H2,1H3;2*1H. The number of likely N-dealkylation sites (N-methyl/N-ethyl adjacent to an activating group) is 1. The fraction of sp³-hybridized carbons (Fsp3) is 0.533. The van der Waals surface area contributed by atoms with Gasteiger partial charge in [0.15, 0.2) is 0 Å². The molecule has 0 saturated carbocycles. The molecule has 0 bridgehead atoms. The highest BCUT2D eigenvalue weighted by Gasteiger charge is 2.27. The van der Waals surface area contributed by atoms with Gasteiger partial charge in [-0.15, -0.1) is 24.8 Å². The van der Waals surface area contributed by atoms with E-state index in [1.54, 1.807) is 0 Å². The quantitative estimate of drug-likeness (QED) is 0.874. The first-order chi connectivity index (χ1) is 9.75. The van der Waals surface area contributed by atoms with Crippen LogP contribution < -0.4 is 15.1 Å². The van der Waals surface area contributed by atoms with E-state index in [4.69, 9.17) is 0 Å². The average molecular weight is 364 g/mol. The normalized spacial score (nSPS) is 20.5. The minimum absolute atomic E-state index is 0. The summed E-state index contributed by atoms with van der Waals surface area (Å²) in [6, 6.07) is 8.50. The molecule has 0 aliphatic carbocycles. The molecule has 2 heterocycles. The molecule has 0 aromatic heterocycles. The number of nitrogens with one attached hydrogen (secondary N) is 1. The van der Waals surface area contributed by atoms with Gasteiger partial charge in [0, 0.05) is 50.7 Å². The van der Waals surface area contributed by atoms with Gasteiger partial charge in [-0.25, -0.2) is 0 Å². The maximum absolute atomic E-state index is 12.6. The minimum Gasteiger partial charge on any atom is -0.371 e. The van der Waals surface area contributed by atoms with E-state index in [-0.39, 0.29) is 30.7 Å². The summed E-state index contributed by atoms with van der Waals surface area (Å²) >= 11 is 1.94. The van der Waals surface area contributed by atoms with E-state index >= 15 is 0 Å². The molecular weight excluding hydrogens is 341 g/mol. The van der Waals surface area contributed by atoms with E-state index in [0.717, 1.165) is 42.5 Å². The molecule has 1 N–H and O–H groups in total. The van der Waals surface area contributed by atoms with Crippen LogP contribution in [0.1, 0.15) is 6.42 Å². The lowest BCUT2D eigenvalue weighted by atomic mass is 10.1. The Balaban J connectivity index is 0.00000121. The van der Waals surface area contributed by atoms with Gasteiger partial charge >= 0.3 is 0 Å². The van der Waals surface area contributed by atoms with Crippen molar-refractivity contribution in [3.63, 3.8) is 0 Å². The third-order valence-corrected chi connectivity index (χ3v) is 5.09. The Morgan fingerprint density at radius 1 is 1.27 bits per heavy atom. The number of amides is 1. The predicted molar refractivity (Wildman–Crippen MR) is 100 cm³/mol. The number of carbonyl (C=O) groups excluding carboxylic acids is 1. The summed E-state index contributed by atoms with van der Waals surface area (Å²) in [7, 11) is 2.08. The number of carbonyl (C=O) groups is 1. The van der Waals surface area contributed by atoms with Gasteiger partial charge in [0.05, 0.1) is 11.4 Å². The van der Waals surface area contributed by atoms with Crippen LogP contribution in [0.25, 0.3) is 0 Å². The first-order valence-corrected chi connectivity index (χ1v) is 8.33. The van der Waals surface area contributed by atoms with Crippen molar-refractivity contribution in [1.82, 2.24) is 5.32 Å². The van der Waals surface area contributed by atoms with Crippen LogP contribution in [0.4, 0.5) is 11.4 Å². The summed E-state index contributed by atoms with van der Waals surface area (Å²) in [6.07, 6.45) is 0.602. The summed E-state index contributed by atoms with van der Waals surface area (Å²) in [6.45, 7) is 2.70. The van der Waals surface area contributed by atoms with Gasteiger partial charge in [0.1, 0.15) is 0 Å². The van der Waals surface area contributed by atoms with Crippen molar-refractivity contribution in [1.29, 1.82) is 0 Å². The van der Waals surface area contributed by atoms with Crippen LogP contribution in [0.2, 0.25) is 0 Å². The number of nitrogens with zero attached hydrogens (tertiary/aromatic N) is 2. The Labute approximate surface area is 148 Å². The lowest BCUT2D eigenvalue weighted by molar-refractivity contribution is -0.119. The molecule has 124 valence electrons. The smallest absolute Gasteiger partial charge is 0.228 e. The number of hydrogen-bond donors (Lipinski definition) is 1. The molecule has 1 fully saturated rings. The Morgan fingerprint density at radius 3 is 2.68 bits per heavy atom. The molecule has 22 heavy (non-hydrogen) atoms. The van der Waals surface area contributed by atoms with E-state index < -0.39 is 0 Å². The van der Waals surface area contributed by atoms with Crippen molar-refractivity contribution < 1.29 is 4.79 Å². The molecule has 7 heteroatoms. The largest absolute Gasteiger partial charge is 0.371 e. The van der Waals surface area contributed by atoms with Crippen molar-refractivity contribution >= 4 is 53.9 Å². The molecule has 1 amide bonds. The molecule has 0 spiro atoms. The van der Waals surface area contributed by atoms with E-state index in [9.17, 15) is 4.79 Å². The molecule has 1 saturated heterocycles. The Bertz CT molecular complexity index is 497. The Hall–Kier alpha value is -0.620. The molecule has 1 unspecified atom stereocenters. The highest BCUT2D eigenvalue weighted by atomic mass is 35.5. The number of halogens is 2. The highest BCUT2D eigenvalue weighted by molar-refractivity contribution is 7.99. The number of thioether (sulfide) groups is 1. The monoisotopic (exact) mass is 363 g/mol. The number of benzene rings is 1. The molecule has 2 aliphatic rings. The van der Waals surface area contributed by atoms with E-state index in [0.29, 0.717) is 12.5 Å². The topological polar surface area (TPSA) is 35.6 Å². The lowest BCUT2D eigenvalue weighted by Gasteiger charge is -2.36. The molecule has 4 nitrogen and oxygen atoms in total. The van der Waals surface area contributed by atoms with Crippen LogP contribution in [0.3, 0.4) is 0 Å². The molecule has 2 aliphatic heterocycles. The van der Waals surface area contributed by atoms with Crippen LogP contribution in [0.15, 0.2) is 24.3 Å². The van der Waals surface area contributed by atoms with Gasteiger partial charge in [-0.05, 0) is 12.1 Å². The second-order valence-electron chi connectivity index (χ2n) is 5.39. The molecule has 1 atom stereocenters. The van der Waals surface area contributed by atoms with Crippen molar-refractivity contribution in [2.24, 2.45) is 0 Å². The third-order valence-electron chi connectivity index (χ3n) is 3.96. The zero-order chi connectivity index (χ0) is 13.9. The fourth-order valence-corrected chi connectivity index (χ4v) is 3.79. The molecular formula is C15H23Cl2N3OS. The summed E-state index contributed by atoms with van der Waals surface area (Å²) in [5.74, 6) is 2.44. The Kier molecular flexibility index (Phi) is 7.83. The zero-order valence-electron chi connectivity index (χ0n) is 12.7. The van der Waals surface area contributed by atoms with Crippen LogP contribution in [-0.2, 0) is 4.79 Å². The second kappa shape index (κ2) is 8.87. The maximum atomic E-state index is 12.6. The van der Waals surface area contributed by atoms with Gasteiger partial charge in [0.2, 0.25) is 5.91 Å². The number of anilines is 2. The van der Waals surface area contributed by atoms with E-state index in [1.807, 2.05) is 34.9 Å². The minimum atomic E-state index is 0. The zero-order valence-corrected chi connectivity index (χ0v) is 15.1. The number of fused-ring (bicyclic) bond motifs is 1. The van der Waals surface area contributed by atoms with Gasteiger partial charge in [-0.2, -0.15) is 11.8 Å².